The van der Waals surface area contributed by atoms with Crippen LogP contribution in [0.4, 0.5) is 13.2 Å². The molecule has 30 heavy (non-hydrogen) atoms. The van der Waals surface area contributed by atoms with Crippen LogP contribution >= 0.6 is 11.6 Å². The van der Waals surface area contributed by atoms with Gasteiger partial charge < -0.3 is 0 Å². The Morgan fingerprint density at radius 2 is 1.63 bits per heavy atom. The van der Waals surface area contributed by atoms with Crippen LogP contribution in [0.2, 0.25) is 5.15 Å². The van der Waals surface area contributed by atoms with Gasteiger partial charge in [-0.15, -0.1) is 0 Å². The lowest BCUT2D eigenvalue weighted by Gasteiger charge is -2.19. The van der Waals surface area contributed by atoms with Gasteiger partial charge in [-0.3, -0.25) is 4.90 Å². The van der Waals surface area contributed by atoms with Gasteiger partial charge >= 0.3 is 6.18 Å². The minimum atomic E-state index is -4.37. The van der Waals surface area contributed by atoms with Crippen LogP contribution in [-0.4, -0.2) is 28.0 Å². The fraction of sp³-hybridized carbons (Fsp3) is 0.304. The quantitative estimate of drug-likeness (QED) is 0.522. The second-order valence-electron chi connectivity index (χ2n) is 7.49. The van der Waals surface area contributed by atoms with Crippen molar-refractivity contribution >= 4 is 11.6 Å². The molecule has 0 spiro atoms. The first-order valence-electron chi connectivity index (χ1n) is 9.85. The highest BCUT2D eigenvalue weighted by Gasteiger charge is 2.30. The number of aromatic nitrogens is 2. The first-order chi connectivity index (χ1) is 14.4. The Hall–Kier alpha value is -2.44. The maximum Gasteiger partial charge on any atom is 0.416 e. The van der Waals surface area contributed by atoms with Gasteiger partial charge in [0, 0.05) is 38.0 Å². The molecule has 3 aromatic rings. The molecule has 0 aliphatic carbocycles. The zero-order chi connectivity index (χ0) is 21.1. The topological polar surface area (TPSA) is 29.0 Å². The largest absolute Gasteiger partial charge is 0.416 e. The number of hydrogen-bond donors (Lipinski definition) is 0. The summed E-state index contributed by atoms with van der Waals surface area (Å²) in [6.07, 6.45) is -2.67. The van der Waals surface area contributed by atoms with Gasteiger partial charge in [-0.1, -0.05) is 60.1 Å². The lowest BCUT2D eigenvalue weighted by molar-refractivity contribution is -0.137. The molecule has 0 radical (unpaired) electrons. The second-order valence-corrected chi connectivity index (χ2v) is 7.85. The molecular weight excluding hydrogens is 411 g/mol. The van der Waals surface area contributed by atoms with E-state index in [1.807, 2.05) is 18.2 Å². The molecule has 4 rings (SSSR count). The van der Waals surface area contributed by atoms with E-state index in [1.54, 1.807) is 6.07 Å². The van der Waals surface area contributed by atoms with Crippen LogP contribution in [0.5, 0.6) is 0 Å². The number of nitrogens with zero attached hydrogens (tertiary/aromatic N) is 3. The normalized spacial score (nSPS) is 14.9. The van der Waals surface area contributed by atoms with Crippen molar-refractivity contribution in [2.75, 3.05) is 13.1 Å². The third-order valence-corrected chi connectivity index (χ3v) is 5.61. The van der Waals surface area contributed by atoms with Crippen LogP contribution in [0.3, 0.4) is 0 Å². The summed E-state index contributed by atoms with van der Waals surface area (Å²) < 4.78 is 38.9. The summed E-state index contributed by atoms with van der Waals surface area (Å²) in [7, 11) is 0. The van der Waals surface area contributed by atoms with Gasteiger partial charge in [-0.25, -0.2) is 9.97 Å². The third kappa shape index (κ3) is 4.99. The van der Waals surface area contributed by atoms with Crippen molar-refractivity contribution in [1.29, 1.82) is 0 Å². The number of hydrogen-bond acceptors (Lipinski definition) is 3. The highest BCUT2D eigenvalue weighted by molar-refractivity contribution is 6.30. The average Bonchev–Trinajstić information content (AvgIpc) is 2.91. The molecule has 0 saturated carbocycles. The molecule has 3 nitrogen and oxygen atoms in total. The first-order valence-corrected chi connectivity index (χ1v) is 10.2. The van der Waals surface area contributed by atoms with E-state index in [0.29, 0.717) is 16.5 Å². The summed E-state index contributed by atoms with van der Waals surface area (Å²) in [6, 6.07) is 15.6. The standard InChI is InChI=1S/C23H21ClF3N3/c24-22-19-9-11-30(15-16-5-2-1-3-6-16)12-10-20(19)28-21(29-22)14-17-7-4-8-18(13-17)23(25,26)27/h1-8,13H,9-12,14-15H2. The molecule has 0 amide bonds. The lowest BCUT2D eigenvalue weighted by Crippen LogP contribution is -2.25. The molecule has 0 atom stereocenters. The van der Waals surface area contributed by atoms with E-state index in [-0.39, 0.29) is 6.42 Å². The van der Waals surface area contributed by atoms with E-state index in [0.717, 1.165) is 55.9 Å². The fourth-order valence-corrected chi connectivity index (χ4v) is 4.07. The first kappa shape index (κ1) is 20.8. The minimum absolute atomic E-state index is 0.213. The van der Waals surface area contributed by atoms with Crippen molar-refractivity contribution in [3.05, 3.63) is 93.5 Å². The Morgan fingerprint density at radius 1 is 0.900 bits per heavy atom. The van der Waals surface area contributed by atoms with Crippen LogP contribution in [-0.2, 0) is 32.0 Å². The molecule has 0 unspecified atom stereocenters. The summed E-state index contributed by atoms with van der Waals surface area (Å²) in [6.45, 7) is 2.56. The SMILES string of the molecule is FC(F)(F)c1cccc(Cc2nc(Cl)c3c(n2)CCN(Cc2ccccc2)CC3)c1. The highest BCUT2D eigenvalue weighted by Crippen LogP contribution is 2.30. The van der Waals surface area contributed by atoms with Crippen molar-refractivity contribution in [2.24, 2.45) is 0 Å². The monoisotopic (exact) mass is 431 g/mol. The van der Waals surface area contributed by atoms with Gasteiger partial charge in [0.1, 0.15) is 11.0 Å². The maximum atomic E-state index is 13.0. The Kier molecular flexibility index (Phi) is 6.06. The molecule has 0 saturated heterocycles. The Balaban J connectivity index is 1.50. The van der Waals surface area contributed by atoms with Gasteiger partial charge in [0.25, 0.3) is 0 Å². The fourth-order valence-electron chi connectivity index (χ4n) is 3.77. The van der Waals surface area contributed by atoms with E-state index >= 15 is 0 Å². The molecule has 156 valence electrons. The van der Waals surface area contributed by atoms with Gasteiger partial charge in [-0.2, -0.15) is 13.2 Å². The molecule has 1 aromatic heterocycles. The number of halogens is 4. The predicted octanol–water partition coefficient (Wildman–Crippen LogP) is 5.34. The molecule has 1 aliphatic heterocycles. The van der Waals surface area contributed by atoms with Crippen molar-refractivity contribution in [1.82, 2.24) is 14.9 Å². The van der Waals surface area contributed by atoms with E-state index in [9.17, 15) is 13.2 Å². The minimum Gasteiger partial charge on any atom is -0.298 e. The molecular formula is C23H21ClF3N3. The summed E-state index contributed by atoms with van der Waals surface area (Å²) in [5, 5.41) is 0.406. The number of alkyl halides is 3. The van der Waals surface area contributed by atoms with Crippen LogP contribution < -0.4 is 0 Å². The Bertz CT molecular complexity index is 1020. The molecule has 2 aromatic carbocycles. The Morgan fingerprint density at radius 3 is 2.40 bits per heavy atom. The highest BCUT2D eigenvalue weighted by atomic mass is 35.5. The summed E-state index contributed by atoms with van der Waals surface area (Å²) in [4.78, 5) is 11.4. The smallest absolute Gasteiger partial charge is 0.298 e. The van der Waals surface area contributed by atoms with Crippen LogP contribution in [0.25, 0.3) is 0 Å². The van der Waals surface area contributed by atoms with Crippen molar-refractivity contribution in [2.45, 2.75) is 32.0 Å². The van der Waals surface area contributed by atoms with E-state index in [1.165, 1.54) is 11.6 Å². The molecule has 0 N–H and O–H groups in total. The second kappa shape index (κ2) is 8.74. The van der Waals surface area contributed by atoms with Crippen molar-refractivity contribution < 1.29 is 13.2 Å². The maximum absolute atomic E-state index is 13.0. The van der Waals surface area contributed by atoms with Gasteiger partial charge in [-0.05, 0) is 23.6 Å². The molecule has 1 aliphatic rings. The van der Waals surface area contributed by atoms with Crippen LogP contribution in [0.15, 0.2) is 54.6 Å². The zero-order valence-corrected chi connectivity index (χ0v) is 17.0. The van der Waals surface area contributed by atoms with Crippen molar-refractivity contribution in [3.8, 4) is 0 Å². The third-order valence-electron chi connectivity index (χ3n) is 5.30. The van der Waals surface area contributed by atoms with Gasteiger partial charge in [0.2, 0.25) is 0 Å². The van der Waals surface area contributed by atoms with E-state index < -0.39 is 11.7 Å². The summed E-state index contributed by atoms with van der Waals surface area (Å²) in [5.74, 6) is 0.453. The lowest BCUT2D eigenvalue weighted by atomic mass is 10.1. The molecule has 7 heteroatoms. The zero-order valence-electron chi connectivity index (χ0n) is 16.3. The number of benzene rings is 2. The van der Waals surface area contributed by atoms with E-state index in [2.05, 4.69) is 27.0 Å². The predicted molar refractivity (Wildman–Crippen MR) is 110 cm³/mol. The molecule has 0 bridgehead atoms. The van der Waals surface area contributed by atoms with Crippen LogP contribution in [0.1, 0.15) is 33.8 Å². The van der Waals surface area contributed by atoms with E-state index in [4.69, 9.17) is 11.6 Å². The number of rotatable bonds is 4. The van der Waals surface area contributed by atoms with Gasteiger partial charge in [0.05, 0.1) is 11.3 Å². The molecule has 2 heterocycles. The van der Waals surface area contributed by atoms with Crippen molar-refractivity contribution in [3.63, 3.8) is 0 Å². The Labute approximate surface area is 178 Å². The average molecular weight is 432 g/mol. The molecule has 0 fully saturated rings. The summed E-state index contributed by atoms with van der Waals surface area (Å²) >= 11 is 6.45. The summed E-state index contributed by atoms with van der Waals surface area (Å²) in [5.41, 5.74) is 2.94. The van der Waals surface area contributed by atoms with Gasteiger partial charge in [0.15, 0.2) is 0 Å². The van der Waals surface area contributed by atoms with Crippen LogP contribution in [0, 0.1) is 0 Å². The number of fused-ring (bicyclic) bond motifs is 1.